The minimum absolute atomic E-state index is 0.517. The highest BCUT2D eigenvalue weighted by molar-refractivity contribution is 5.35. The number of benzene rings is 1. The molecule has 0 aliphatic carbocycles. The second kappa shape index (κ2) is 8.13. The van der Waals surface area contributed by atoms with Gasteiger partial charge in [0.15, 0.2) is 0 Å². The molecule has 0 unspecified atom stereocenters. The smallest absolute Gasteiger partial charge is 0.122 e. The van der Waals surface area contributed by atoms with Crippen molar-refractivity contribution >= 4 is 0 Å². The van der Waals surface area contributed by atoms with Crippen LogP contribution in [0.2, 0.25) is 0 Å². The van der Waals surface area contributed by atoms with Crippen LogP contribution in [0.3, 0.4) is 0 Å². The maximum absolute atomic E-state index is 5.85. The molecule has 17 heavy (non-hydrogen) atoms. The zero-order valence-electron chi connectivity index (χ0n) is 11.1. The van der Waals surface area contributed by atoms with E-state index in [0.29, 0.717) is 5.92 Å². The van der Waals surface area contributed by atoms with Crippen molar-refractivity contribution in [3.05, 3.63) is 29.8 Å². The summed E-state index contributed by atoms with van der Waals surface area (Å²) in [6, 6.07) is 8.32. The molecule has 0 heterocycles. The molecule has 0 amide bonds. The molecule has 0 atom stereocenters. The van der Waals surface area contributed by atoms with Gasteiger partial charge in [0.25, 0.3) is 0 Å². The fraction of sp³-hybridized carbons (Fsp3) is 0.600. The van der Waals surface area contributed by atoms with Gasteiger partial charge in [-0.05, 0) is 36.9 Å². The zero-order chi connectivity index (χ0) is 12.5. The topological polar surface area (TPSA) is 35.2 Å². The number of unbranched alkanes of at least 4 members (excludes halogenated alkanes) is 3. The van der Waals surface area contributed by atoms with E-state index in [1.807, 2.05) is 6.07 Å². The molecular weight excluding hydrogens is 210 g/mol. The van der Waals surface area contributed by atoms with Gasteiger partial charge in [0.1, 0.15) is 5.75 Å². The van der Waals surface area contributed by atoms with Gasteiger partial charge >= 0.3 is 0 Å². The molecular formula is C15H25NO. The normalized spacial score (nSPS) is 10.8. The molecule has 0 radical (unpaired) electrons. The maximum atomic E-state index is 5.85. The van der Waals surface area contributed by atoms with Crippen LogP contribution < -0.4 is 10.5 Å². The van der Waals surface area contributed by atoms with Crippen molar-refractivity contribution in [3.63, 3.8) is 0 Å². The maximum Gasteiger partial charge on any atom is 0.122 e. The van der Waals surface area contributed by atoms with E-state index in [-0.39, 0.29) is 0 Å². The predicted octanol–water partition coefficient (Wildman–Crippen LogP) is 3.71. The lowest BCUT2D eigenvalue weighted by Crippen LogP contribution is -2.02. The van der Waals surface area contributed by atoms with Gasteiger partial charge in [-0.3, -0.25) is 0 Å². The predicted molar refractivity (Wildman–Crippen MR) is 73.5 cm³/mol. The Labute approximate surface area is 105 Å². The number of ether oxygens (including phenoxy) is 1. The lowest BCUT2D eigenvalue weighted by molar-refractivity contribution is 0.301. The Balaban J connectivity index is 2.31. The number of para-hydroxylation sites is 1. The van der Waals surface area contributed by atoms with E-state index in [0.717, 1.165) is 31.7 Å². The second-order valence-corrected chi connectivity index (χ2v) is 4.74. The minimum atomic E-state index is 0.517. The standard InChI is InChI=1S/C15H25NO/c1-13(2)14-9-5-6-10-15(14)17-12-8-4-3-7-11-16/h5-6,9-10,13H,3-4,7-8,11-12,16H2,1-2H3. The van der Waals surface area contributed by atoms with Crippen LogP contribution in [-0.2, 0) is 0 Å². The Morgan fingerprint density at radius 1 is 1.06 bits per heavy atom. The Hall–Kier alpha value is -1.02. The van der Waals surface area contributed by atoms with Crippen LogP contribution in [0.25, 0.3) is 0 Å². The summed E-state index contributed by atoms with van der Waals surface area (Å²) in [5, 5.41) is 0. The molecule has 0 spiro atoms. The molecule has 2 N–H and O–H groups in total. The van der Waals surface area contributed by atoms with E-state index in [1.54, 1.807) is 0 Å². The van der Waals surface area contributed by atoms with Crippen molar-refractivity contribution in [1.82, 2.24) is 0 Å². The van der Waals surface area contributed by atoms with Crippen molar-refractivity contribution < 1.29 is 4.74 Å². The molecule has 0 aromatic heterocycles. The first-order valence-corrected chi connectivity index (χ1v) is 6.67. The van der Waals surface area contributed by atoms with Crippen LogP contribution in [0, 0.1) is 0 Å². The molecule has 1 rings (SSSR count). The van der Waals surface area contributed by atoms with Crippen molar-refractivity contribution in [1.29, 1.82) is 0 Å². The van der Waals surface area contributed by atoms with Gasteiger partial charge < -0.3 is 10.5 Å². The second-order valence-electron chi connectivity index (χ2n) is 4.74. The monoisotopic (exact) mass is 235 g/mol. The molecule has 0 bridgehead atoms. The SMILES string of the molecule is CC(C)c1ccccc1OCCCCCCN. The zero-order valence-corrected chi connectivity index (χ0v) is 11.1. The minimum Gasteiger partial charge on any atom is -0.493 e. The summed E-state index contributed by atoms with van der Waals surface area (Å²) in [5.74, 6) is 1.56. The molecule has 0 saturated carbocycles. The van der Waals surface area contributed by atoms with E-state index in [4.69, 9.17) is 10.5 Å². The van der Waals surface area contributed by atoms with Crippen molar-refractivity contribution in [2.45, 2.75) is 45.4 Å². The third-order valence-electron chi connectivity index (χ3n) is 2.90. The molecule has 1 aromatic rings. The van der Waals surface area contributed by atoms with E-state index < -0.39 is 0 Å². The first kappa shape index (κ1) is 14.0. The van der Waals surface area contributed by atoms with Crippen molar-refractivity contribution in [2.75, 3.05) is 13.2 Å². The van der Waals surface area contributed by atoms with Crippen LogP contribution in [0.1, 0.15) is 51.0 Å². The van der Waals surface area contributed by atoms with Crippen LogP contribution in [0.4, 0.5) is 0 Å². The Kier molecular flexibility index (Phi) is 6.71. The summed E-state index contributed by atoms with van der Waals surface area (Å²) in [4.78, 5) is 0. The van der Waals surface area contributed by atoms with Crippen molar-refractivity contribution in [3.8, 4) is 5.75 Å². The average Bonchev–Trinajstić information content (AvgIpc) is 2.34. The van der Waals surface area contributed by atoms with E-state index in [2.05, 4.69) is 32.0 Å². The van der Waals surface area contributed by atoms with E-state index in [9.17, 15) is 0 Å². The van der Waals surface area contributed by atoms with Gasteiger partial charge in [0, 0.05) is 0 Å². The molecule has 2 heteroatoms. The lowest BCUT2D eigenvalue weighted by Gasteiger charge is -2.13. The number of hydrogen-bond donors (Lipinski definition) is 1. The summed E-state index contributed by atoms with van der Waals surface area (Å²) < 4.78 is 5.85. The van der Waals surface area contributed by atoms with Gasteiger partial charge in [0.2, 0.25) is 0 Å². The molecule has 1 aromatic carbocycles. The highest BCUT2D eigenvalue weighted by Crippen LogP contribution is 2.25. The fourth-order valence-corrected chi connectivity index (χ4v) is 1.87. The fourth-order valence-electron chi connectivity index (χ4n) is 1.87. The highest BCUT2D eigenvalue weighted by atomic mass is 16.5. The highest BCUT2D eigenvalue weighted by Gasteiger charge is 2.05. The number of hydrogen-bond acceptors (Lipinski definition) is 2. The van der Waals surface area contributed by atoms with Gasteiger partial charge in [-0.1, -0.05) is 44.9 Å². The number of nitrogens with two attached hydrogens (primary N) is 1. The average molecular weight is 235 g/mol. The summed E-state index contributed by atoms with van der Waals surface area (Å²) >= 11 is 0. The van der Waals surface area contributed by atoms with Crippen LogP contribution in [-0.4, -0.2) is 13.2 Å². The first-order chi connectivity index (χ1) is 8.25. The first-order valence-electron chi connectivity index (χ1n) is 6.67. The largest absolute Gasteiger partial charge is 0.493 e. The lowest BCUT2D eigenvalue weighted by atomic mass is 10.0. The van der Waals surface area contributed by atoms with Crippen LogP contribution >= 0.6 is 0 Å². The third kappa shape index (κ3) is 5.22. The van der Waals surface area contributed by atoms with Crippen LogP contribution in [0.5, 0.6) is 5.75 Å². The van der Waals surface area contributed by atoms with Gasteiger partial charge in [-0.2, -0.15) is 0 Å². The van der Waals surface area contributed by atoms with Crippen LogP contribution in [0.15, 0.2) is 24.3 Å². The Morgan fingerprint density at radius 2 is 1.76 bits per heavy atom. The summed E-state index contributed by atoms with van der Waals surface area (Å²) in [7, 11) is 0. The van der Waals surface area contributed by atoms with Gasteiger partial charge in [-0.15, -0.1) is 0 Å². The molecule has 2 nitrogen and oxygen atoms in total. The Morgan fingerprint density at radius 3 is 2.47 bits per heavy atom. The molecule has 0 fully saturated rings. The summed E-state index contributed by atoms with van der Waals surface area (Å²) in [5.41, 5.74) is 6.76. The summed E-state index contributed by atoms with van der Waals surface area (Å²) in [6.45, 7) is 6.01. The van der Waals surface area contributed by atoms with Crippen molar-refractivity contribution in [2.24, 2.45) is 5.73 Å². The molecule has 96 valence electrons. The van der Waals surface area contributed by atoms with Gasteiger partial charge in [0.05, 0.1) is 6.61 Å². The van der Waals surface area contributed by atoms with E-state index in [1.165, 1.54) is 18.4 Å². The van der Waals surface area contributed by atoms with Gasteiger partial charge in [-0.25, -0.2) is 0 Å². The third-order valence-corrected chi connectivity index (χ3v) is 2.90. The summed E-state index contributed by atoms with van der Waals surface area (Å²) in [6.07, 6.45) is 4.67. The molecule has 0 aliphatic rings. The molecule has 0 saturated heterocycles. The molecule has 0 aliphatic heterocycles. The van der Waals surface area contributed by atoms with E-state index >= 15 is 0 Å². The Bertz CT molecular complexity index is 310. The number of rotatable bonds is 8. The quantitative estimate of drug-likeness (QED) is 0.697.